The lowest BCUT2D eigenvalue weighted by molar-refractivity contribution is -0.150. The number of carboxylic acid groups (broad SMARTS) is 1. The highest BCUT2D eigenvalue weighted by atomic mass is 16.5. The summed E-state index contributed by atoms with van der Waals surface area (Å²) >= 11 is 0. The third-order valence-electron chi connectivity index (χ3n) is 3.23. The van der Waals surface area contributed by atoms with Crippen LogP contribution < -0.4 is 0 Å². The highest BCUT2D eigenvalue weighted by Crippen LogP contribution is 2.10. The normalized spacial score (nSPS) is 11.9. The van der Waals surface area contributed by atoms with Crippen LogP contribution in [0.1, 0.15) is 18.9 Å². The number of hydrogen-bond donors (Lipinski definition) is 1. The van der Waals surface area contributed by atoms with Gasteiger partial charge in [-0.25, -0.2) is 4.79 Å². The van der Waals surface area contributed by atoms with Crippen molar-refractivity contribution in [1.82, 2.24) is 4.90 Å². The molecule has 0 spiro atoms. The Hall–Kier alpha value is -1.92. The molecule has 1 atom stereocenters. The lowest BCUT2D eigenvalue weighted by atomic mass is 10.1. The highest BCUT2D eigenvalue weighted by Gasteiger charge is 2.25. The van der Waals surface area contributed by atoms with E-state index in [2.05, 4.69) is 0 Å². The van der Waals surface area contributed by atoms with E-state index in [9.17, 15) is 14.7 Å². The summed E-state index contributed by atoms with van der Waals surface area (Å²) < 4.78 is 10.1. The smallest absolute Gasteiger partial charge is 0.326 e. The van der Waals surface area contributed by atoms with Crippen LogP contribution in [-0.2, 0) is 25.6 Å². The third-order valence-corrected chi connectivity index (χ3v) is 3.23. The van der Waals surface area contributed by atoms with Gasteiger partial charge in [0.1, 0.15) is 6.04 Å². The van der Waals surface area contributed by atoms with Gasteiger partial charge >= 0.3 is 5.97 Å². The molecule has 1 aromatic rings. The van der Waals surface area contributed by atoms with E-state index in [4.69, 9.17) is 9.47 Å². The van der Waals surface area contributed by atoms with Gasteiger partial charge in [0.05, 0.1) is 26.2 Å². The van der Waals surface area contributed by atoms with Crippen LogP contribution in [0.25, 0.3) is 0 Å². The van der Waals surface area contributed by atoms with Crippen molar-refractivity contribution in [3.63, 3.8) is 0 Å². The van der Waals surface area contributed by atoms with Gasteiger partial charge in [0, 0.05) is 13.7 Å². The Morgan fingerprint density at radius 3 is 2.45 bits per heavy atom. The van der Waals surface area contributed by atoms with E-state index in [1.165, 1.54) is 11.8 Å². The Balaban J connectivity index is 2.61. The molecule has 0 heterocycles. The van der Waals surface area contributed by atoms with Crippen molar-refractivity contribution in [1.29, 1.82) is 0 Å². The lowest BCUT2D eigenvalue weighted by Gasteiger charge is -2.26. The molecule has 0 bridgehead atoms. The van der Waals surface area contributed by atoms with Crippen LogP contribution >= 0.6 is 0 Å². The van der Waals surface area contributed by atoms with E-state index in [1.54, 1.807) is 7.11 Å². The van der Waals surface area contributed by atoms with Gasteiger partial charge in [0.15, 0.2) is 0 Å². The number of carbonyl (C=O) groups is 2. The van der Waals surface area contributed by atoms with Gasteiger partial charge in [-0.05, 0) is 12.5 Å². The fourth-order valence-corrected chi connectivity index (χ4v) is 1.90. The topological polar surface area (TPSA) is 76.1 Å². The van der Waals surface area contributed by atoms with Crippen molar-refractivity contribution < 1.29 is 24.2 Å². The van der Waals surface area contributed by atoms with Crippen LogP contribution in [0, 0.1) is 0 Å². The van der Waals surface area contributed by atoms with Crippen LogP contribution in [0.2, 0.25) is 0 Å². The molecule has 122 valence electrons. The Morgan fingerprint density at radius 2 is 1.86 bits per heavy atom. The first-order chi connectivity index (χ1) is 10.6. The molecule has 1 N–H and O–H groups in total. The molecule has 0 aliphatic carbocycles. The predicted molar refractivity (Wildman–Crippen MR) is 81.4 cm³/mol. The number of carbonyl (C=O) groups excluding carboxylic acids is 1. The van der Waals surface area contributed by atoms with Crippen LogP contribution in [0.3, 0.4) is 0 Å². The quantitative estimate of drug-likeness (QED) is 0.664. The van der Waals surface area contributed by atoms with Gasteiger partial charge in [-0.15, -0.1) is 0 Å². The Labute approximate surface area is 130 Å². The van der Waals surface area contributed by atoms with Crippen molar-refractivity contribution in [2.45, 2.75) is 25.9 Å². The van der Waals surface area contributed by atoms with E-state index in [-0.39, 0.29) is 25.5 Å². The molecule has 1 rings (SSSR count). The average molecular weight is 309 g/mol. The summed E-state index contributed by atoms with van der Waals surface area (Å²) in [7, 11) is 1.57. The van der Waals surface area contributed by atoms with Crippen LogP contribution in [0.4, 0.5) is 0 Å². The number of rotatable bonds is 10. The van der Waals surface area contributed by atoms with Crippen molar-refractivity contribution >= 4 is 11.9 Å². The maximum Gasteiger partial charge on any atom is 0.326 e. The van der Waals surface area contributed by atoms with Gasteiger partial charge in [-0.3, -0.25) is 4.79 Å². The average Bonchev–Trinajstić information content (AvgIpc) is 2.52. The van der Waals surface area contributed by atoms with Crippen LogP contribution in [-0.4, -0.2) is 54.9 Å². The molecule has 1 unspecified atom stereocenters. The Kier molecular flexibility index (Phi) is 8.17. The summed E-state index contributed by atoms with van der Waals surface area (Å²) in [5.41, 5.74) is 0.893. The fraction of sp³-hybridized carbons (Fsp3) is 0.500. The number of benzene rings is 1. The Morgan fingerprint density at radius 1 is 1.18 bits per heavy atom. The fourth-order valence-electron chi connectivity index (χ4n) is 1.90. The zero-order chi connectivity index (χ0) is 16.4. The number of carboxylic acids is 1. The largest absolute Gasteiger partial charge is 0.480 e. The standard InChI is InChI=1S/C16H23NO5/c1-13(16(19)20)17(12-14-6-4-3-5-7-14)15(18)8-9-22-11-10-21-2/h3-7,13H,8-12H2,1-2H3,(H,19,20). The van der Waals surface area contributed by atoms with Crippen LogP contribution in [0.5, 0.6) is 0 Å². The van der Waals surface area contributed by atoms with E-state index >= 15 is 0 Å². The lowest BCUT2D eigenvalue weighted by Crippen LogP contribution is -2.43. The molecule has 1 amide bonds. The van der Waals surface area contributed by atoms with Crippen molar-refractivity contribution in [2.75, 3.05) is 26.9 Å². The highest BCUT2D eigenvalue weighted by molar-refractivity contribution is 5.83. The van der Waals surface area contributed by atoms with Gasteiger partial charge in [-0.1, -0.05) is 30.3 Å². The maximum absolute atomic E-state index is 12.3. The zero-order valence-electron chi connectivity index (χ0n) is 13.0. The number of ether oxygens (including phenoxy) is 2. The van der Waals surface area contributed by atoms with Crippen molar-refractivity contribution in [2.24, 2.45) is 0 Å². The first-order valence-electron chi connectivity index (χ1n) is 7.19. The molecule has 22 heavy (non-hydrogen) atoms. The van der Waals surface area contributed by atoms with Gasteiger partial charge in [0.25, 0.3) is 0 Å². The number of amides is 1. The minimum atomic E-state index is -1.02. The molecular formula is C16H23NO5. The molecule has 1 aromatic carbocycles. The number of aliphatic carboxylic acids is 1. The van der Waals surface area contributed by atoms with Crippen molar-refractivity contribution in [3.8, 4) is 0 Å². The molecular weight excluding hydrogens is 286 g/mol. The minimum Gasteiger partial charge on any atom is -0.480 e. The molecule has 0 saturated carbocycles. The molecule has 6 nitrogen and oxygen atoms in total. The van der Waals surface area contributed by atoms with Gasteiger partial charge < -0.3 is 19.5 Å². The zero-order valence-corrected chi connectivity index (χ0v) is 13.0. The van der Waals surface area contributed by atoms with E-state index in [0.717, 1.165) is 5.56 Å². The summed E-state index contributed by atoms with van der Waals surface area (Å²) in [6, 6.07) is 8.44. The monoisotopic (exact) mass is 309 g/mol. The summed E-state index contributed by atoms with van der Waals surface area (Å²) in [4.78, 5) is 24.8. The number of methoxy groups -OCH3 is 1. The van der Waals surface area contributed by atoms with Crippen molar-refractivity contribution in [3.05, 3.63) is 35.9 Å². The van der Waals surface area contributed by atoms with E-state index < -0.39 is 12.0 Å². The molecule has 0 radical (unpaired) electrons. The summed E-state index contributed by atoms with van der Waals surface area (Å²) in [5, 5.41) is 9.18. The summed E-state index contributed by atoms with van der Waals surface area (Å²) in [6.07, 6.45) is 0.147. The Bertz CT molecular complexity index is 463. The predicted octanol–water partition coefficient (Wildman–Crippen LogP) is 1.54. The number of nitrogens with zero attached hydrogens (tertiary/aromatic N) is 1. The van der Waals surface area contributed by atoms with E-state index in [1.807, 2.05) is 30.3 Å². The molecule has 0 fully saturated rings. The SMILES string of the molecule is COCCOCCC(=O)N(Cc1ccccc1)C(C)C(=O)O. The first-order valence-corrected chi connectivity index (χ1v) is 7.19. The van der Waals surface area contributed by atoms with E-state index in [0.29, 0.717) is 13.2 Å². The second-order valence-electron chi connectivity index (χ2n) is 4.88. The van der Waals surface area contributed by atoms with Gasteiger partial charge in [0.2, 0.25) is 5.91 Å². The second-order valence-corrected chi connectivity index (χ2v) is 4.88. The minimum absolute atomic E-state index is 0.147. The maximum atomic E-state index is 12.3. The first kappa shape index (κ1) is 18.1. The molecule has 6 heteroatoms. The summed E-state index contributed by atoms with van der Waals surface area (Å²) in [6.45, 7) is 2.91. The molecule has 0 aromatic heterocycles. The number of hydrogen-bond acceptors (Lipinski definition) is 4. The molecule has 0 saturated heterocycles. The van der Waals surface area contributed by atoms with Crippen LogP contribution in [0.15, 0.2) is 30.3 Å². The molecule has 0 aliphatic rings. The molecule has 0 aliphatic heterocycles. The van der Waals surface area contributed by atoms with Gasteiger partial charge in [-0.2, -0.15) is 0 Å². The third kappa shape index (κ3) is 6.24. The summed E-state index contributed by atoms with van der Waals surface area (Å²) in [5.74, 6) is -1.26. The second kappa shape index (κ2) is 9.92.